The van der Waals surface area contributed by atoms with Crippen molar-refractivity contribution in [1.29, 1.82) is 0 Å². The number of aryl methyl sites for hydroxylation is 2. The van der Waals surface area contributed by atoms with Crippen LogP contribution in [0.5, 0.6) is 0 Å². The summed E-state index contributed by atoms with van der Waals surface area (Å²) in [6.07, 6.45) is 4.93. The van der Waals surface area contributed by atoms with Crippen molar-refractivity contribution in [1.82, 2.24) is 20.1 Å². The van der Waals surface area contributed by atoms with Crippen molar-refractivity contribution < 1.29 is 4.74 Å². The van der Waals surface area contributed by atoms with Gasteiger partial charge in [-0.1, -0.05) is 0 Å². The Labute approximate surface area is 150 Å². The topological polar surface area (TPSA) is 72.3 Å². The molecule has 1 aliphatic carbocycles. The monoisotopic (exact) mass is 361 g/mol. The number of anilines is 1. The molecule has 0 saturated carbocycles. The summed E-state index contributed by atoms with van der Waals surface area (Å²) in [5.41, 5.74) is 2.17. The number of rotatable bonds is 5. The molecule has 0 aromatic carbocycles. The fourth-order valence-corrected chi connectivity index (χ4v) is 4.23. The predicted molar refractivity (Wildman–Crippen MR) is 97.4 cm³/mol. The number of hydrogen-bond acceptors (Lipinski definition) is 7. The Morgan fingerprint density at radius 2 is 2.28 bits per heavy atom. The highest BCUT2D eigenvalue weighted by atomic mass is 32.1. The van der Waals surface area contributed by atoms with E-state index in [1.54, 1.807) is 22.1 Å². The summed E-state index contributed by atoms with van der Waals surface area (Å²) in [7, 11) is 3.98. The average Bonchev–Trinajstić information content (AvgIpc) is 3.32. The Morgan fingerprint density at radius 1 is 1.40 bits per heavy atom. The Kier molecular flexibility index (Phi) is 4.58. The van der Waals surface area contributed by atoms with Gasteiger partial charge in [-0.15, -0.1) is 11.3 Å². The highest BCUT2D eigenvalue weighted by Crippen LogP contribution is 2.23. The molecule has 0 radical (unpaired) electrons. The first-order valence-electron chi connectivity index (χ1n) is 8.66. The smallest absolute Gasteiger partial charge is 0.267 e. The van der Waals surface area contributed by atoms with E-state index in [9.17, 15) is 4.79 Å². The van der Waals surface area contributed by atoms with Gasteiger partial charge in [-0.3, -0.25) is 4.79 Å². The molecular weight excluding hydrogens is 338 g/mol. The second kappa shape index (κ2) is 6.86. The first-order chi connectivity index (χ1) is 12.1. The third-order valence-electron chi connectivity index (χ3n) is 4.81. The zero-order chi connectivity index (χ0) is 17.4. The molecule has 134 valence electrons. The number of thiazole rings is 1. The molecule has 2 aliphatic rings. The van der Waals surface area contributed by atoms with E-state index in [2.05, 4.69) is 15.4 Å². The van der Waals surface area contributed by atoms with Crippen LogP contribution in [0.25, 0.3) is 0 Å². The van der Waals surface area contributed by atoms with Crippen molar-refractivity contribution in [2.75, 3.05) is 32.2 Å². The van der Waals surface area contributed by atoms with E-state index >= 15 is 0 Å². The van der Waals surface area contributed by atoms with Crippen LogP contribution in [0, 0.1) is 0 Å². The van der Waals surface area contributed by atoms with Crippen molar-refractivity contribution >= 4 is 16.5 Å². The molecule has 1 fully saturated rings. The van der Waals surface area contributed by atoms with Gasteiger partial charge in [0.05, 0.1) is 31.0 Å². The maximum atomic E-state index is 12.5. The van der Waals surface area contributed by atoms with E-state index in [1.807, 2.05) is 25.2 Å². The van der Waals surface area contributed by atoms with Gasteiger partial charge in [0.25, 0.3) is 5.56 Å². The van der Waals surface area contributed by atoms with Crippen molar-refractivity contribution in [2.24, 2.45) is 0 Å². The maximum absolute atomic E-state index is 12.5. The Morgan fingerprint density at radius 3 is 3.08 bits per heavy atom. The van der Waals surface area contributed by atoms with E-state index in [-0.39, 0.29) is 17.6 Å². The molecule has 2 aromatic heterocycles. The highest BCUT2D eigenvalue weighted by Gasteiger charge is 2.32. The Bertz CT molecular complexity index is 816. The van der Waals surface area contributed by atoms with Crippen LogP contribution >= 0.6 is 11.3 Å². The Balaban J connectivity index is 1.48. The van der Waals surface area contributed by atoms with Gasteiger partial charge >= 0.3 is 0 Å². The second-order valence-corrected chi connectivity index (χ2v) is 7.94. The van der Waals surface area contributed by atoms with Crippen molar-refractivity contribution in [2.45, 2.75) is 37.9 Å². The molecule has 1 N–H and O–H groups in total. The van der Waals surface area contributed by atoms with Gasteiger partial charge in [-0.2, -0.15) is 5.10 Å². The van der Waals surface area contributed by atoms with Gasteiger partial charge in [-0.05, 0) is 24.8 Å². The summed E-state index contributed by atoms with van der Waals surface area (Å²) in [4.78, 5) is 20.0. The molecule has 1 aliphatic heterocycles. The van der Waals surface area contributed by atoms with Gasteiger partial charge in [0, 0.05) is 37.8 Å². The highest BCUT2D eigenvalue weighted by molar-refractivity contribution is 7.15. The van der Waals surface area contributed by atoms with Gasteiger partial charge in [-0.25, -0.2) is 9.67 Å². The third-order valence-corrected chi connectivity index (χ3v) is 5.97. The lowest BCUT2D eigenvalue weighted by molar-refractivity contribution is 0.180. The zero-order valence-corrected chi connectivity index (χ0v) is 15.4. The molecule has 0 amide bonds. The molecule has 0 bridgehead atoms. The molecule has 0 spiro atoms. The molecule has 4 rings (SSSR count). The number of hydrogen-bond donors (Lipinski definition) is 1. The van der Waals surface area contributed by atoms with E-state index < -0.39 is 0 Å². The quantitative estimate of drug-likeness (QED) is 0.856. The van der Waals surface area contributed by atoms with Crippen molar-refractivity contribution in [3.05, 3.63) is 38.8 Å². The normalized spacial score (nSPS) is 22.3. The fraction of sp³-hybridized carbons (Fsp3) is 0.588. The molecule has 1 saturated heterocycles. The van der Waals surface area contributed by atoms with Crippen LogP contribution in [0.1, 0.15) is 28.6 Å². The van der Waals surface area contributed by atoms with Crippen LogP contribution < -0.4 is 15.8 Å². The van der Waals surface area contributed by atoms with Gasteiger partial charge < -0.3 is 15.0 Å². The van der Waals surface area contributed by atoms with Crippen LogP contribution in [-0.2, 0) is 24.1 Å². The molecule has 3 heterocycles. The maximum Gasteiger partial charge on any atom is 0.267 e. The third kappa shape index (κ3) is 3.33. The lowest BCUT2D eigenvalue weighted by Gasteiger charge is -2.20. The number of nitrogens with zero attached hydrogens (tertiary/aromatic N) is 4. The summed E-state index contributed by atoms with van der Waals surface area (Å²) in [5, 5.41) is 9.15. The SMILES string of the molecule is CN(C)c1ncc(CNC2COCC2n2nc3c(cc2=O)CCC3)s1. The van der Waals surface area contributed by atoms with Gasteiger partial charge in [0.15, 0.2) is 5.13 Å². The second-order valence-electron chi connectivity index (χ2n) is 6.85. The molecule has 7 nitrogen and oxygen atoms in total. The van der Waals surface area contributed by atoms with Crippen LogP contribution in [-0.4, -0.2) is 48.1 Å². The van der Waals surface area contributed by atoms with E-state index in [0.29, 0.717) is 13.2 Å². The van der Waals surface area contributed by atoms with Crippen molar-refractivity contribution in [3.8, 4) is 0 Å². The molecule has 2 atom stereocenters. The van der Waals surface area contributed by atoms with Crippen LogP contribution in [0.15, 0.2) is 17.1 Å². The van der Waals surface area contributed by atoms with Crippen LogP contribution in [0.3, 0.4) is 0 Å². The van der Waals surface area contributed by atoms with E-state index in [1.165, 1.54) is 4.88 Å². The minimum atomic E-state index is -0.0559. The fourth-order valence-electron chi connectivity index (χ4n) is 3.45. The summed E-state index contributed by atoms with van der Waals surface area (Å²) >= 11 is 1.67. The molecule has 2 aromatic rings. The van der Waals surface area contributed by atoms with Crippen LogP contribution in [0.2, 0.25) is 0 Å². The Hall–Kier alpha value is -1.77. The number of fused-ring (bicyclic) bond motifs is 1. The summed E-state index contributed by atoms with van der Waals surface area (Å²) in [6, 6.07) is 1.78. The number of nitrogens with one attached hydrogen (secondary N) is 1. The molecule has 25 heavy (non-hydrogen) atoms. The minimum Gasteiger partial charge on any atom is -0.377 e. The number of aromatic nitrogens is 3. The average molecular weight is 361 g/mol. The van der Waals surface area contributed by atoms with Gasteiger partial charge in [0.1, 0.15) is 0 Å². The summed E-state index contributed by atoms with van der Waals surface area (Å²) < 4.78 is 7.28. The zero-order valence-electron chi connectivity index (χ0n) is 14.6. The van der Waals surface area contributed by atoms with Crippen LogP contribution in [0.4, 0.5) is 5.13 Å². The van der Waals surface area contributed by atoms with E-state index in [4.69, 9.17) is 4.74 Å². The first kappa shape index (κ1) is 16.7. The molecular formula is C17H23N5O2S. The predicted octanol–water partition coefficient (Wildman–Crippen LogP) is 0.984. The minimum absolute atomic E-state index is 0.0179. The molecule has 8 heteroatoms. The first-order valence-corrected chi connectivity index (χ1v) is 9.48. The molecule has 2 unspecified atom stereocenters. The number of ether oxygens (including phenoxy) is 1. The van der Waals surface area contributed by atoms with Gasteiger partial charge in [0.2, 0.25) is 0 Å². The summed E-state index contributed by atoms with van der Waals surface area (Å²) in [6.45, 7) is 1.83. The lowest BCUT2D eigenvalue weighted by atomic mass is 10.1. The lowest BCUT2D eigenvalue weighted by Crippen LogP contribution is -2.41. The largest absolute Gasteiger partial charge is 0.377 e. The van der Waals surface area contributed by atoms with E-state index in [0.717, 1.165) is 42.2 Å². The van der Waals surface area contributed by atoms with Crippen molar-refractivity contribution in [3.63, 3.8) is 0 Å². The summed E-state index contributed by atoms with van der Waals surface area (Å²) in [5.74, 6) is 0. The standard InChI is InChI=1S/C17H23N5O2S/c1-21(2)17-19-8-12(25-17)7-18-14-9-24-10-15(14)22-16(23)6-11-4-3-5-13(11)20-22/h6,8,14-15,18H,3-5,7,9-10H2,1-2H3.